The highest BCUT2D eigenvalue weighted by Gasteiger charge is 2.07. The van der Waals surface area contributed by atoms with Crippen LogP contribution in [0.3, 0.4) is 0 Å². The number of carbonyl (C=O) groups is 1. The SMILES string of the molecule is COC(=O)Nc1cccc(Nc2ncc(Br)c(NCCc3cnc[nH]3)n2)c1. The van der Waals surface area contributed by atoms with Gasteiger partial charge in [-0.25, -0.2) is 14.8 Å². The molecule has 0 fully saturated rings. The summed E-state index contributed by atoms with van der Waals surface area (Å²) in [5, 5.41) is 8.99. The van der Waals surface area contributed by atoms with Crippen LogP contribution in [0, 0.1) is 0 Å². The van der Waals surface area contributed by atoms with Gasteiger partial charge in [0.2, 0.25) is 5.95 Å². The summed E-state index contributed by atoms with van der Waals surface area (Å²) in [5.41, 5.74) is 2.37. The Labute approximate surface area is 164 Å². The molecule has 0 aliphatic heterocycles. The van der Waals surface area contributed by atoms with E-state index in [9.17, 15) is 4.79 Å². The largest absolute Gasteiger partial charge is 0.453 e. The van der Waals surface area contributed by atoms with E-state index in [1.165, 1.54) is 7.11 Å². The maximum Gasteiger partial charge on any atom is 0.411 e. The molecule has 3 rings (SSSR count). The van der Waals surface area contributed by atoms with Gasteiger partial charge in [0, 0.05) is 42.4 Å². The standard InChI is InChI=1S/C17H18BrN7O2/c1-27-17(26)24-12-4-2-3-11(7-12)23-16-21-9-14(18)15(25-16)20-6-5-13-8-19-10-22-13/h2-4,7-10H,5-6H2,1H3,(H,19,22)(H,24,26)(H2,20,21,23,25). The fraction of sp³-hybridized carbons (Fsp3) is 0.176. The van der Waals surface area contributed by atoms with Crippen LogP contribution in [0.1, 0.15) is 5.69 Å². The van der Waals surface area contributed by atoms with Crippen molar-refractivity contribution in [3.63, 3.8) is 0 Å². The summed E-state index contributed by atoms with van der Waals surface area (Å²) in [6.07, 6.45) is 5.38. The van der Waals surface area contributed by atoms with Crippen molar-refractivity contribution in [1.82, 2.24) is 19.9 Å². The molecule has 1 aromatic carbocycles. The highest BCUT2D eigenvalue weighted by molar-refractivity contribution is 9.10. The van der Waals surface area contributed by atoms with E-state index in [-0.39, 0.29) is 0 Å². The normalized spacial score (nSPS) is 10.3. The van der Waals surface area contributed by atoms with E-state index >= 15 is 0 Å². The third kappa shape index (κ3) is 5.42. The second kappa shape index (κ2) is 8.99. The lowest BCUT2D eigenvalue weighted by atomic mass is 10.3. The van der Waals surface area contributed by atoms with Crippen molar-refractivity contribution in [3.05, 3.63) is 53.2 Å². The minimum absolute atomic E-state index is 0.428. The lowest BCUT2D eigenvalue weighted by Gasteiger charge is -2.11. The molecule has 27 heavy (non-hydrogen) atoms. The van der Waals surface area contributed by atoms with Gasteiger partial charge in [-0.05, 0) is 34.1 Å². The monoisotopic (exact) mass is 431 g/mol. The molecule has 0 atom stereocenters. The topological polar surface area (TPSA) is 117 Å². The Bertz CT molecular complexity index is 902. The summed E-state index contributed by atoms with van der Waals surface area (Å²) in [4.78, 5) is 27.1. The second-order valence-corrected chi connectivity index (χ2v) is 6.32. The van der Waals surface area contributed by atoms with E-state index in [4.69, 9.17) is 0 Å². The van der Waals surface area contributed by atoms with E-state index in [0.717, 1.165) is 22.3 Å². The number of benzene rings is 1. The molecule has 1 amide bonds. The fourth-order valence-electron chi connectivity index (χ4n) is 2.26. The minimum Gasteiger partial charge on any atom is -0.453 e. The number of ether oxygens (including phenoxy) is 1. The molecule has 0 saturated heterocycles. The first-order valence-corrected chi connectivity index (χ1v) is 8.89. The molecular formula is C17H18BrN7O2. The number of carbonyl (C=O) groups excluding carboxylic acids is 1. The van der Waals surface area contributed by atoms with Gasteiger partial charge in [0.1, 0.15) is 5.82 Å². The lowest BCUT2D eigenvalue weighted by molar-refractivity contribution is 0.187. The van der Waals surface area contributed by atoms with Crippen molar-refractivity contribution in [3.8, 4) is 0 Å². The van der Waals surface area contributed by atoms with Crippen molar-refractivity contribution in [2.45, 2.75) is 6.42 Å². The highest BCUT2D eigenvalue weighted by atomic mass is 79.9. The van der Waals surface area contributed by atoms with Crippen molar-refractivity contribution >= 4 is 45.2 Å². The molecule has 10 heteroatoms. The number of hydrogen-bond acceptors (Lipinski definition) is 7. The number of imidazole rings is 1. The number of rotatable bonds is 7. The summed E-state index contributed by atoms with van der Waals surface area (Å²) >= 11 is 3.44. The number of halogens is 1. The lowest BCUT2D eigenvalue weighted by Crippen LogP contribution is -2.11. The van der Waals surface area contributed by atoms with Crippen LogP contribution in [-0.4, -0.2) is 39.7 Å². The smallest absolute Gasteiger partial charge is 0.411 e. The molecule has 0 radical (unpaired) electrons. The predicted molar refractivity (Wildman–Crippen MR) is 106 cm³/mol. The Hall–Kier alpha value is -3.14. The predicted octanol–water partition coefficient (Wildman–Crippen LogP) is 3.54. The van der Waals surface area contributed by atoms with Crippen LogP contribution in [0.25, 0.3) is 0 Å². The molecule has 4 N–H and O–H groups in total. The van der Waals surface area contributed by atoms with Crippen molar-refractivity contribution in [1.29, 1.82) is 0 Å². The van der Waals surface area contributed by atoms with Crippen LogP contribution < -0.4 is 16.0 Å². The van der Waals surface area contributed by atoms with E-state index in [0.29, 0.717) is 24.0 Å². The molecule has 0 spiro atoms. The quantitative estimate of drug-likeness (QED) is 0.451. The third-order valence-corrected chi connectivity index (χ3v) is 4.12. The summed E-state index contributed by atoms with van der Waals surface area (Å²) < 4.78 is 5.35. The molecule has 0 aliphatic carbocycles. The van der Waals surface area contributed by atoms with Gasteiger partial charge in [0.25, 0.3) is 0 Å². The zero-order valence-corrected chi connectivity index (χ0v) is 16.1. The number of hydrogen-bond donors (Lipinski definition) is 4. The highest BCUT2D eigenvalue weighted by Crippen LogP contribution is 2.23. The van der Waals surface area contributed by atoms with Crippen LogP contribution in [0.4, 0.5) is 27.9 Å². The molecular weight excluding hydrogens is 414 g/mol. The summed E-state index contributed by atoms with van der Waals surface area (Å²) in [5.74, 6) is 1.10. The van der Waals surface area contributed by atoms with E-state index < -0.39 is 6.09 Å². The number of nitrogens with one attached hydrogen (secondary N) is 4. The van der Waals surface area contributed by atoms with Gasteiger partial charge in [-0.15, -0.1) is 0 Å². The first-order valence-electron chi connectivity index (χ1n) is 8.10. The van der Waals surface area contributed by atoms with Crippen molar-refractivity contribution in [2.24, 2.45) is 0 Å². The van der Waals surface area contributed by atoms with Crippen LogP contribution in [0.15, 0.2) is 47.5 Å². The van der Waals surface area contributed by atoms with Crippen LogP contribution >= 0.6 is 15.9 Å². The van der Waals surface area contributed by atoms with E-state index in [1.54, 1.807) is 36.9 Å². The van der Waals surface area contributed by atoms with Crippen LogP contribution in [-0.2, 0) is 11.2 Å². The zero-order chi connectivity index (χ0) is 19.1. The molecule has 0 saturated carbocycles. The summed E-state index contributed by atoms with van der Waals surface area (Å²) in [6, 6.07) is 7.16. The molecule has 0 bridgehead atoms. The Morgan fingerprint density at radius 1 is 1.30 bits per heavy atom. The fourth-order valence-corrected chi connectivity index (χ4v) is 2.59. The molecule has 3 aromatic rings. The van der Waals surface area contributed by atoms with Gasteiger partial charge in [0.15, 0.2) is 0 Å². The Balaban J connectivity index is 1.65. The van der Waals surface area contributed by atoms with Gasteiger partial charge in [0.05, 0.1) is 17.9 Å². The van der Waals surface area contributed by atoms with Crippen molar-refractivity contribution < 1.29 is 9.53 Å². The summed E-state index contributed by atoms with van der Waals surface area (Å²) in [6.45, 7) is 0.690. The van der Waals surface area contributed by atoms with Crippen LogP contribution in [0.2, 0.25) is 0 Å². The van der Waals surface area contributed by atoms with Gasteiger partial charge in [-0.1, -0.05) is 6.07 Å². The maximum atomic E-state index is 11.3. The number of methoxy groups -OCH3 is 1. The molecule has 0 unspecified atom stereocenters. The van der Waals surface area contributed by atoms with Crippen LogP contribution in [0.5, 0.6) is 0 Å². The minimum atomic E-state index is -0.532. The number of nitrogens with zero attached hydrogens (tertiary/aromatic N) is 3. The maximum absolute atomic E-state index is 11.3. The number of aromatic nitrogens is 4. The van der Waals surface area contributed by atoms with Gasteiger partial charge >= 0.3 is 6.09 Å². The average molecular weight is 432 g/mol. The Kier molecular flexibility index (Phi) is 6.21. The molecule has 0 aliphatic rings. The van der Waals surface area contributed by atoms with Gasteiger partial charge in [-0.3, -0.25) is 5.32 Å². The van der Waals surface area contributed by atoms with Gasteiger partial charge < -0.3 is 20.4 Å². The first kappa shape index (κ1) is 18.6. The molecule has 9 nitrogen and oxygen atoms in total. The molecule has 2 aromatic heterocycles. The summed E-state index contributed by atoms with van der Waals surface area (Å²) in [7, 11) is 1.31. The molecule has 140 valence electrons. The number of H-pyrrole nitrogens is 1. The number of anilines is 4. The number of amides is 1. The second-order valence-electron chi connectivity index (χ2n) is 5.47. The number of aromatic amines is 1. The van der Waals surface area contributed by atoms with E-state index in [2.05, 4.69) is 56.6 Å². The van der Waals surface area contributed by atoms with E-state index in [1.807, 2.05) is 6.07 Å². The Morgan fingerprint density at radius 2 is 2.15 bits per heavy atom. The first-order chi connectivity index (χ1) is 13.1. The zero-order valence-electron chi connectivity index (χ0n) is 14.5. The van der Waals surface area contributed by atoms with Crippen molar-refractivity contribution in [2.75, 3.05) is 29.6 Å². The Morgan fingerprint density at radius 3 is 2.93 bits per heavy atom. The molecule has 2 heterocycles. The third-order valence-electron chi connectivity index (χ3n) is 3.54. The van der Waals surface area contributed by atoms with Gasteiger partial charge in [-0.2, -0.15) is 4.98 Å². The average Bonchev–Trinajstić information content (AvgIpc) is 3.18.